The molecule has 1 aromatic rings. The second-order valence-electron chi connectivity index (χ2n) is 6.19. The number of hydrogen-bond donors (Lipinski definition) is 4. The Bertz CT molecular complexity index is 796. The van der Waals surface area contributed by atoms with E-state index < -0.39 is 28.7 Å². The molecule has 0 saturated carbocycles. The van der Waals surface area contributed by atoms with Gasteiger partial charge in [-0.2, -0.15) is 11.8 Å². The molecular weight excluding hydrogens is 380 g/mol. The number of amides is 2. The lowest BCUT2D eigenvalue weighted by atomic mass is 10.0. The number of hydroxylamine groups is 1. The Labute approximate surface area is 169 Å². The molecule has 1 aromatic carbocycles. The Hall–Kier alpha value is -2.49. The van der Waals surface area contributed by atoms with Gasteiger partial charge in [0.2, 0.25) is 0 Å². The molecule has 0 aliphatic carbocycles. The summed E-state index contributed by atoms with van der Waals surface area (Å²) in [7, 11) is 1.45. The van der Waals surface area contributed by atoms with Crippen molar-refractivity contribution in [1.82, 2.24) is 10.8 Å². The van der Waals surface area contributed by atoms with Crippen LogP contribution in [0.5, 0.6) is 0 Å². The van der Waals surface area contributed by atoms with E-state index in [4.69, 9.17) is 15.1 Å². The molecule has 0 aliphatic heterocycles. The summed E-state index contributed by atoms with van der Waals surface area (Å²) in [5, 5.41) is 20.5. The zero-order chi connectivity index (χ0) is 21.2. The summed E-state index contributed by atoms with van der Waals surface area (Å²) in [5.74, 6) is 9.59. The number of ether oxygens (including phenoxy) is 1. The summed E-state index contributed by atoms with van der Waals surface area (Å²) in [5.41, 5.74) is 2.60. The van der Waals surface area contributed by atoms with Gasteiger partial charge >= 0.3 is 0 Å². The number of benzene rings is 1. The molecule has 0 spiro atoms. The molecule has 0 radical (unpaired) electrons. The maximum absolute atomic E-state index is 12.5. The third-order valence-electron chi connectivity index (χ3n) is 3.97. The van der Waals surface area contributed by atoms with Gasteiger partial charge < -0.3 is 15.2 Å². The Morgan fingerprint density at radius 2 is 1.89 bits per heavy atom. The fourth-order valence-electron chi connectivity index (χ4n) is 2.06. The van der Waals surface area contributed by atoms with Crippen LogP contribution in [0.1, 0.15) is 29.8 Å². The van der Waals surface area contributed by atoms with Crippen LogP contribution in [0.3, 0.4) is 0 Å². The summed E-state index contributed by atoms with van der Waals surface area (Å²) >= 11 is 1.39. The first kappa shape index (κ1) is 23.5. The van der Waals surface area contributed by atoms with Crippen molar-refractivity contribution < 1.29 is 24.6 Å². The van der Waals surface area contributed by atoms with E-state index in [1.165, 1.54) is 18.9 Å². The van der Waals surface area contributed by atoms with Crippen LogP contribution in [-0.2, 0) is 9.53 Å². The zero-order valence-electron chi connectivity index (χ0n) is 16.2. The van der Waals surface area contributed by atoms with E-state index in [0.29, 0.717) is 11.1 Å². The van der Waals surface area contributed by atoms with E-state index in [0.717, 1.165) is 0 Å². The van der Waals surface area contributed by atoms with Crippen LogP contribution in [0.4, 0.5) is 0 Å². The van der Waals surface area contributed by atoms with Crippen LogP contribution in [-0.4, -0.2) is 59.0 Å². The molecule has 1 rings (SSSR count). The van der Waals surface area contributed by atoms with Crippen molar-refractivity contribution in [3.8, 4) is 23.7 Å². The van der Waals surface area contributed by atoms with Crippen molar-refractivity contribution in [2.75, 3.05) is 20.0 Å². The maximum atomic E-state index is 12.5. The lowest BCUT2D eigenvalue weighted by Crippen LogP contribution is -2.55. The van der Waals surface area contributed by atoms with Crippen LogP contribution in [0, 0.1) is 23.7 Å². The number of methoxy groups -OCH3 is 1. The Kier molecular flexibility index (Phi) is 9.57. The molecule has 150 valence electrons. The van der Waals surface area contributed by atoms with Crippen molar-refractivity contribution in [2.45, 2.75) is 30.7 Å². The zero-order valence-corrected chi connectivity index (χ0v) is 17.0. The third kappa shape index (κ3) is 6.91. The van der Waals surface area contributed by atoms with Gasteiger partial charge in [-0.15, -0.1) is 0 Å². The molecule has 0 fully saturated rings. The first-order valence-electron chi connectivity index (χ1n) is 8.34. The molecular formula is C20H24N2O5S. The van der Waals surface area contributed by atoms with Gasteiger partial charge in [0.05, 0.1) is 6.61 Å². The fourth-order valence-corrected chi connectivity index (χ4v) is 2.46. The molecule has 7 nitrogen and oxygen atoms in total. The fraction of sp³-hybridized carbons (Fsp3) is 0.400. The molecule has 1 unspecified atom stereocenters. The number of carbonyl (C=O) groups excluding carboxylic acids is 2. The van der Waals surface area contributed by atoms with Gasteiger partial charge in [-0.3, -0.25) is 14.8 Å². The SMILES string of the molecule is COC(C#CC#Cc1ccc(C(=O)N[C@H](C(=O)NO)C(C)(C)SC)cc1)CO. The predicted molar refractivity (Wildman–Crippen MR) is 108 cm³/mol. The number of rotatable bonds is 7. The van der Waals surface area contributed by atoms with Gasteiger partial charge in [-0.05, 0) is 56.2 Å². The Balaban J connectivity index is 2.87. The molecule has 0 aliphatic rings. The van der Waals surface area contributed by atoms with Crippen molar-refractivity contribution in [2.24, 2.45) is 0 Å². The first-order chi connectivity index (χ1) is 13.3. The van der Waals surface area contributed by atoms with Gasteiger partial charge in [0, 0.05) is 23.0 Å². The first-order valence-corrected chi connectivity index (χ1v) is 9.56. The predicted octanol–water partition coefficient (Wildman–Crippen LogP) is 0.794. The topological polar surface area (TPSA) is 108 Å². The van der Waals surface area contributed by atoms with Crippen LogP contribution < -0.4 is 10.8 Å². The van der Waals surface area contributed by atoms with E-state index in [1.54, 1.807) is 43.6 Å². The number of nitrogens with one attached hydrogen (secondary N) is 2. The van der Waals surface area contributed by atoms with Gasteiger partial charge in [0.25, 0.3) is 11.8 Å². The summed E-state index contributed by atoms with van der Waals surface area (Å²) in [4.78, 5) is 24.4. The second kappa shape index (κ2) is 11.4. The van der Waals surface area contributed by atoms with Gasteiger partial charge in [-0.1, -0.05) is 11.8 Å². The molecule has 8 heteroatoms. The van der Waals surface area contributed by atoms with E-state index in [-0.39, 0.29) is 6.61 Å². The monoisotopic (exact) mass is 404 g/mol. The maximum Gasteiger partial charge on any atom is 0.267 e. The molecule has 0 aromatic heterocycles. The largest absolute Gasteiger partial charge is 0.393 e. The number of aliphatic hydroxyl groups excluding tert-OH is 1. The molecule has 0 saturated heterocycles. The molecule has 0 bridgehead atoms. The van der Waals surface area contributed by atoms with Crippen molar-refractivity contribution in [3.05, 3.63) is 35.4 Å². The van der Waals surface area contributed by atoms with Crippen molar-refractivity contribution >= 4 is 23.6 Å². The highest BCUT2D eigenvalue weighted by Gasteiger charge is 2.36. The second-order valence-corrected chi connectivity index (χ2v) is 7.65. The Morgan fingerprint density at radius 3 is 2.39 bits per heavy atom. The summed E-state index contributed by atoms with van der Waals surface area (Å²) in [6.07, 6.45) is 1.24. The minimum absolute atomic E-state index is 0.211. The summed E-state index contributed by atoms with van der Waals surface area (Å²) in [6.45, 7) is 3.38. The summed E-state index contributed by atoms with van der Waals surface area (Å²) < 4.78 is 4.28. The van der Waals surface area contributed by atoms with Gasteiger partial charge in [-0.25, -0.2) is 5.48 Å². The van der Waals surface area contributed by atoms with Crippen molar-refractivity contribution in [3.63, 3.8) is 0 Å². The molecule has 28 heavy (non-hydrogen) atoms. The van der Waals surface area contributed by atoms with Crippen LogP contribution >= 0.6 is 11.8 Å². The van der Waals surface area contributed by atoms with Crippen LogP contribution in [0.2, 0.25) is 0 Å². The molecule has 2 amide bonds. The van der Waals surface area contributed by atoms with E-state index >= 15 is 0 Å². The molecule has 2 atom stereocenters. The Morgan fingerprint density at radius 1 is 1.25 bits per heavy atom. The van der Waals surface area contributed by atoms with Crippen molar-refractivity contribution in [1.29, 1.82) is 0 Å². The smallest absolute Gasteiger partial charge is 0.267 e. The van der Waals surface area contributed by atoms with Gasteiger partial charge in [0.15, 0.2) is 0 Å². The van der Waals surface area contributed by atoms with Crippen LogP contribution in [0.25, 0.3) is 0 Å². The quantitative estimate of drug-likeness (QED) is 0.304. The minimum atomic E-state index is -0.921. The highest BCUT2D eigenvalue weighted by atomic mass is 32.2. The molecule has 4 N–H and O–H groups in total. The van der Waals surface area contributed by atoms with E-state index in [2.05, 4.69) is 29.0 Å². The number of carbonyl (C=O) groups is 2. The average Bonchev–Trinajstić information content (AvgIpc) is 2.71. The highest BCUT2D eigenvalue weighted by molar-refractivity contribution is 8.00. The highest BCUT2D eigenvalue weighted by Crippen LogP contribution is 2.26. The van der Waals surface area contributed by atoms with E-state index in [1.807, 2.05) is 6.26 Å². The number of hydrogen-bond acceptors (Lipinski definition) is 6. The summed E-state index contributed by atoms with van der Waals surface area (Å²) in [6, 6.07) is 5.56. The lowest BCUT2D eigenvalue weighted by molar-refractivity contribution is -0.131. The normalized spacial score (nSPS) is 12.5. The number of aliphatic hydroxyl groups is 1. The minimum Gasteiger partial charge on any atom is -0.393 e. The van der Waals surface area contributed by atoms with E-state index in [9.17, 15) is 9.59 Å². The lowest BCUT2D eigenvalue weighted by Gasteiger charge is -2.31. The molecule has 0 heterocycles. The standard InChI is InChI=1S/C20H24N2O5S/c1-20(2,28-4)17(19(25)22-26)21-18(24)15-11-9-14(10-12-15)7-5-6-8-16(13-23)27-3/h9-12,16-17,23,26H,13H2,1-4H3,(H,21,24)(H,22,25)/t16?,17-/m1/s1. The van der Waals surface area contributed by atoms with Crippen LogP contribution in [0.15, 0.2) is 24.3 Å². The third-order valence-corrected chi connectivity index (χ3v) is 5.26. The average molecular weight is 404 g/mol. The number of thioether (sulfide) groups is 1. The van der Waals surface area contributed by atoms with Gasteiger partial charge in [0.1, 0.15) is 12.1 Å².